The SMILES string of the molecule is Cc1noc(C)c1COc1ccc(CN2[C@@H](C)CCC(C)S2(=O)=O)cc1. The monoisotopic (exact) mass is 378 g/mol. The topological polar surface area (TPSA) is 72.6 Å². The van der Waals surface area contributed by atoms with Crippen molar-refractivity contribution in [1.82, 2.24) is 9.46 Å². The fourth-order valence-corrected chi connectivity index (χ4v) is 5.06. The van der Waals surface area contributed by atoms with Gasteiger partial charge in [-0.1, -0.05) is 17.3 Å². The van der Waals surface area contributed by atoms with E-state index in [4.69, 9.17) is 9.26 Å². The van der Waals surface area contributed by atoms with Crippen LogP contribution in [0.15, 0.2) is 28.8 Å². The third-order valence-corrected chi connectivity index (χ3v) is 7.54. The fraction of sp³-hybridized carbons (Fsp3) is 0.526. The molecule has 7 heteroatoms. The molecule has 1 aromatic carbocycles. The summed E-state index contributed by atoms with van der Waals surface area (Å²) in [5.41, 5.74) is 2.74. The van der Waals surface area contributed by atoms with Crippen LogP contribution in [0.5, 0.6) is 5.75 Å². The Balaban J connectivity index is 1.66. The second-order valence-corrected chi connectivity index (χ2v) is 9.37. The fourth-order valence-electron chi connectivity index (χ4n) is 3.23. The van der Waals surface area contributed by atoms with Crippen LogP contribution < -0.4 is 4.74 Å². The van der Waals surface area contributed by atoms with Crippen molar-refractivity contribution < 1.29 is 17.7 Å². The number of hydrogen-bond acceptors (Lipinski definition) is 5. The molecule has 0 N–H and O–H groups in total. The predicted molar refractivity (Wildman–Crippen MR) is 99.4 cm³/mol. The Bertz CT molecular complexity index is 839. The van der Waals surface area contributed by atoms with Crippen LogP contribution in [0.25, 0.3) is 0 Å². The first kappa shape index (κ1) is 18.9. The predicted octanol–water partition coefficient (Wildman–Crippen LogP) is 3.57. The first-order chi connectivity index (χ1) is 12.3. The summed E-state index contributed by atoms with van der Waals surface area (Å²) in [5.74, 6) is 1.49. The molecule has 2 aromatic rings. The lowest BCUT2D eigenvalue weighted by atomic mass is 10.1. The Kier molecular flexibility index (Phi) is 5.39. The van der Waals surface area contributed by atoms with Crippen molar-refractivity contribution in [3.05, 3.63) is 46.8 Å². The molecule has 0 aliphatic carbocycles. The lowest BCUT2D eigenvalue weighted by Gasteiger charge is -2.36. The second-order valence-electron chi connectivity index (χ2n) is 7.06. The summed E-state index contributed by atoms with van der Waals surface area (Å²) in [6.45, 7) is 8.32. The van der Waals surface area contributed by atoms with Crippen LogP contribution in [0.1, 0.15) is 49.3 Å². The van der Waals surface area contributed by atoms with E-state index < -0.39 is 10.0 Å². The standard InChI is InChI=1S/C19H26N2O4S/c1-13-5-6-14(2)26(22,23)21(13)11-17-7-9-18(10-8-17)24-12-19-15(3)20-25-16(19)4/h7-10,13-14H,5-6,11-12H2,1-4H3/t13-,14?/m0/s1. The molecule has 1 unspecified atom stereocenters. The van der Waals surface area contributed by atoms with E-state index in [0.717, 1.165) is 41.2 Å². The number of ether oxygens (including phenoxy) is 1. The number of sulfonamides is 1. The number of nitrogens with zero attached hydrogens (tertiary/aromatic N) is 2. The summed E-state index contributed by atoms with van der Waals surface area (Å²) in [4.78, 5) is 0. The minimum absolute atomic E-state index is 0.0340. The molecule has 1 aliphatic heterocycles. The van der Waals surface area contributed by atoms with Crippen molar-refractivity contribution in [2.24, 2.45) is 0 Å². The van der Waals surface area contributed by atoms with Crippen LogP contribution >= 0.6 is 0 Å². The van der Waals surface area contributed by atoms with Crippen molar-refractivity contribution in [3.8, 4) is 5.75 Å². The van der Waals surface area contributed by atoms with Gasteiger partial charge >= 0.3 is 0 Å². The van der Waals surface area contributed by atoms with Crippen LogP contribution in [0.4, 0.5) is 0 Å². The maximum absolute atomic E-state index is 12.6. The third kappa shape index (κ3) is 3.78. The Morgan fingerprint density at radius 3 is 2.50 bits per heavy atom. The summed E-state index contributed by atoms with van der Waals surface area (Å²) in [6.07, 6.45) is 1.63. The molecule has 3 rings (SSSR count). The molecular formula is C19H26N2O4S. The maximum Gasteiger partial charge on any atom is 0.217 e. The number of aromatic nitrogens is 1. The van der Waals surface area contributed by atoms with Crippen molar-refractivity contribution in [2.45, 2.75) is 65.0 Å². The van der Waals surface area contributed by atoms with Crippen molar-refractivity contribution in [2.75, 3.05) is 0 Å². The smallest absolute Gasteiger partial charge is 0.217 e. The summed E-state index contributed by atoms with van der Waals surface area (Å²) in [5, 5.41) is 3.61. The van der Waals surface area contributed by atoms with Gasteiger partial charge in [0, 0.05) is 12.6 Å². The van der Waals surface area contributed by atoms with E-state index in [9.17, 15) is 8.42 Å². The number of aryl methyl sites for hydroxylation is 2. The van der Waals surface area contributed by atoms with Gasteiger partial charge in [-0.15, -0.1) is 0 Å². The van der Waals surface area contributed by atoms with Gasteiger partial charge in [0.25, 0.3) is 0 Å². The minimum atomic E-state index is -3.22. The molecule has 1 aliphatic rings. The zero-order valence-corrected chi connectivity index (χ0v) is 16.5. The Labute approximate surface area is 155 Å². The lowest BCUT2D eigenvalue weighted by molar-refractivity contribution is 0.283. The zero-order chi connectivity index (χ0) is 18.9. The zero-order valence-electron chi connectivity index (χ0n) is 15.7. The van der Waals surface area contributed by atoms with Gasteiger partial charge in [-0.25, -0.2) is 8.42 Å². The Hall–Kier alpha value is -1.86. The molecule has 0 spiro atoms. The molecule has 0 amide bonds. The number of benzene rings is 1. The second kappa shape index (κ2) is 7.40. The summed E-state index contributed by atoms with van der Waals surface area (Å²) >= 11 is 0. The van der Waals surface area contributed by atoms with Gasteiger partial charge in [-0.2, -0.15) is 4.31 Å². The molecule has 6 nitrogen and oxygen atoms in total. The quantitative estimate of drug-likeness (QED) is 0.795. The van der Waals surface area contributed by atoms with E-state index in [0.29, 0.717) is 13.2 Å². The van der Waals surface area contributed by atoms with Gasteiger partial charge in [0.15, 0.2) is 0 Å². The molecule has 0 saturated carbocycles. The summed E-state index contributed by atoms with van der Waals surface area (Å²) in [6, 6.07) is 7.62. The maximum atomic E-state index is 12.6. The van der Waals surface area contributed by atoms with Crippen LogP contribution in [-0.2, 0) is 23.2 Å². The normalized spacial score (nSPS) is 23.1. The molecule has 26 heavy (non-hydrogen) atoms. The van der Waals surface area contributed by atoms with Crippen molar-refractivity contribution in [1.29, 1.82) is 0 Å². The third-order valence-electron chi connectivity index (χ3n) is 5.14. The van der Waals surface area contributed by atoms with E-state index in [2.05, 4.69) is 5.16 Å². The molecule has 2 heterocycles. The molecule has 1 aromatic heterocycles. The Morgan fingerprint density at radius 2 is 1.88 bits per heavy atom. The largest absolute Gasteiger partial charge is 0.489 e. The molecule has 142 valence electrons. The highest BCUT2D eigenvalue weighted by Gasteiger charge is 2.36. The molecular weight excluding hydrogens is 352 g/mol. The first-order valence-electron chi connectivity index (χ1n) is 8.93. The number of rotatable bonds is 5. The minimum Gasteiger partial charge on any atom is -0.489 e. The van der Waals surface area contributed by atoms with E-state index in [1.807, 2.05) is 45.0 Å². The highest BCUT2D eigenvalue weighted by atomic mass is 32.2. The Morgan fingerprint density at radius 1 is 1.19 bits per heavy atom. The van der Waals surface area contributed by atoms with E-state index in [-0.39, 0.29) is 11.3 Å². The molecule has 1 fully saturated rings. The molecule has 0 bridgehead atoms. The van der Waals surface area contributed by atoms with Gasteiger partial charge in [-0.3, -0.25) is 0 Å². The molecule has 0 radical (unpaired) electrons. The lowest BCUT2D eigenvalue weighted by Crippen LogP contribution is -2.46. The van der Waals surface area contributed by atoms with Crippen LogP contribution in [0, 0.1) is 13.8 Å². The van der Waals surface area contributed by atoms with Crippen molar-refractivity contribution >= 4 is 10.0 Å². The summed E-state index contributed by atoms with van der Waals surface area (Å²) < 4.78 is 37.7. The van der Waals surface area contributed by atoms with E-state index in [1.165, 1.54) is 0 Å². The molecule has 2 atom stereocenters. The van der Waals surface area contributed by atoms with Gasteiger partial charge in [0.05, 0.1) is 16.5 Å². The molecule has 1 saturated heterocycles. The van der Waals surface area contributed by atoms with E-state index >= 15 is 0 Å². The van der Waals surface area contributed by atoms with Gasteiger partial charge in [-0.05, 0) is 58.2 Å². The summed E-state index contributed by atoms with van der Waals surface area (Å²) in [7, 11) is -3.22. The highest BCUT2D eigenvalue weighted by molar-refractivity contribution is 7.89. The van der Waals surface area contributed by atoms with Gasteiger partial charge in [0.1, 0.15) is 18.1 Å². The average Bonchev–Trinajstić information content (AvgIpc) is 2.93. The van der Waals surface area contributed by atoms with Crippen LogP contribution in [0.3, 0.4) is 0 Å². The number of hydrogen-bond donors (Lipinski definition) is 0. The van der Waals surface area contributed by atoms with Crippen LogP contribution in [-0.4, -0.2) is 29.2 Å². The first-order valence-corrected chi connectivity index (χ1v) is 10.4. The average molecular weight is 378 g/mol. The highest BCUT2D eigenvalue weighted by Crippen LogP contribution is 2.28. The van der Waals surface area contributed by atoms with Crippen molar-refractivity contribution in [3.63, 3.8) is 0 Å². The van der Waals surface area contributed by atoms with Gasteiger partial charge in [0.2, 0.25) is 10.0 Å². The van der Waals surface area contributed by atoms with E-state index in [1.54, 1.807) is 11.2 Å². The van der Waals surface area contributed by atoms with Gasteiger partial charge < -0.3 is 9.26 Å². The van der Waals surface area contributed by atoms with Crippen LogP contribution in [0.2, 0.25) is 0 Å².